The molecule has 0 spiro atoms. The lowest BCUT2D eigenvalue weighted by molar-refractivity contribution is -0.133. The maximum atomic E-state index is 13.4. The molecule has 0 saturated heterocycles. The number of urea groups is 1. The Morgan fingerprint density at radius 2 is 1.77 bits per heavy atom. The average molecular weight is 448 g/mol. The Hall–Kier alpha value is -2.41. The number of nitrogens with one attached hydrogen (secondary N) is 1. The molecule has 5 nitrogen and oxygen atoms in total. The largest absolute Gasteiger partial charge is 0.333 e. The molecule has 1 unspecified atom stereocenters. The number of halogens is 1. The van der Waals surface area contributed by atoms with Crippen LogP contribution < -0.4 is 5.32 Å². The molecular weight excluding hydrogens is 413 g/mol. The number of nitrogens with zero attached hydrogens (tertiary/aromatic N) is 2. The van der Waals surface area contributed by atoms with Gasteiger partial charge in [0.25, 0.3) is 0 Å². The zero-order chi connectivity index (χ0) is 23.2. The second kappa shape index (κ2) is 10.8. The van der Waals surface area contributed by atoms with Gasteiger partial charge in [0.05, 0.1) is 6.54 Å². The lowest BCUT2D eigenvalue weighted by atomic mass is 10.1. The van der Waals surface area contributed by atoms with E-state index in [0.717, 1.165) is 22.4 Å². The Morgan fingerprint density at radius 1 is 1.13 bits per heavy atom. The molecule has 0 aliphatic carbocycles. The van der Waals surface area contributed by atoms with Crippen LogP contribution >= 0.6 is 11.3 Å². The summed E-state index contributed by atoms with van der Waals surface area (Å²) in [5.41, 5.74) is 1.58. The highest BCUT2D eigenvalue weighted by Crippen LogP contribution is 2.20. The van der Waals surface area contributed by atoms with Crippen LogP contribution in [0, 0.1) is 12.7 Å². The average Bonchev–Trinajstić information content (AvgIpc) is 3.09. The zero-order valence-electron chi connectivity index (χ0n) is 19.4. The Morgan fingerprint density at radius 3 is 2.29 bits per heavy atom. The van der Waals surface area contributed by atoms with Gasteiger partial charge in [-0.25, -0.2) is 9.18 Å². The summed E-state index contributed by atoms with van der Waals surface area (Å²) in [6.07, 6.45) is 0.743. The minimum absolute atomic E-state index is 0.0114. The Kier molecular flexibility index (Phi) is 8.62. The van der Waals surface area contributed by atoms with Crippen molar-refractivity contribution in [2.75, 3.05) is 6.54 Å². The first-order valence-electron chi connectivity index (χ1n) is 10.6. The van der Waals surface area contributed by atoms with Crippen LogP contribution in [-0.4, -0.2) is 39.9 Å². The van der Waals surface area contributed by atoms with E-state index in [0.29, 0.717) is 13.1 Å². The van der Waals surface area contributed by atoms with Gasteiger partial charge in [-0.15, -0.1) is 11.3 Å². The number of amides is 3. The summed E-state index contributed by atoms with van der Waals surface area (Å²) in [7, 11) is 0. The van der Waals surface area contributed by atoms with Crippen LogP contribution in [0.15, 0.2) is 35.7 Å². The van der Waals surface area contributed by atoms with E-state index >= 15 is 0 Å². The molecule has 31 heavy (non-hydrogen) atoms. The third-order valence-electron chi connectivity index (χ3n) is 5.11. The van der Waals surface area contributed by atoms with Crippen LogP contribution in [0.5, 0.6) is 0 Å². The van der Waals surface area contributed by atoms with Gasteiger partial charge in [-0.2, -0.15) is 0 Å². The normalized spacial score (nSPS) is 12.4. The molecular formula is C24H34FN3O2S. The summed E-state index contributed by atoms with van der Waals surface area (Å²) in [6, 6.07) is 7.88. The first-order valence-corrected chi connectivity index (χ1v) is 11.5. The smallest absolute Gasteiger partial charge is 0.318 e. The standard InChI is InChI=1S/C24H34FN3O2S/c1-7-18(3)28(23(30)26-24(4,5)6)16-22(29)27(15-21-17(2)12-13-31-21)14-19-8-10-20(25)11-9-19/h8-13,18H,7,14-16H2,1-6H3,(H,26,30). The lowest BCUT2D eigenvalue weighted by Gasteiger charge is -2.33. The van der Waals surface area contributed by atoms with Gasteiger partial charge in [-0.3, -0.25) is 4.79 Å². The Balaban J connectivity index is 2.25. The molecule has 2 aromatic rings. The summed E-state index contributed by atoms with van der Waals surface area (Å²) in [5, 5.41) is 4.97. The molecule has 7 heteroatoms. The van der Waals surface area contributed by atoms with E-state index in [1.54, 1.807) is 33.3 Å². The van der Waals surface area contributed by atoms with Gasteiger partial charge in [-0.1, -0.05) is 19.1 Å². The van der Waals surface area contributed by atoms with Crippen molar-refractivity contribution < 1.29 is 14.0 Å². The molecule has 1 N–H and O–H groups in total. The van der Waals surface area contributed by atoms with E-state index in [1.165, 1.54) is 12.1 Å². The number of carbonyl (C=O) groups is 2. The highest BCUT2D eigenvalue weighted by atomic mass is 32.1. The van der Waals surface area contributed by atoms with Crippen molar-refractivity contribution in [2.24, 2.45) is 0 Å². The van der Waals surface area contributed by atoms with E-state index in [4.69, 9.17) is 0 Å². The van der Waals surface area contributed by atoms with E-state index in [9.17, 15) is 14.0 Å². The van der Waals surface area contributed by atoms with Crippen LogP contribution in [0.2, 0.25) is 0 Å². The SMILES string of the molecule is CCC(C)N(CC(=O)N(Cc1ccc(F)cc1)Cc1sccc1C)C(=O)NC(C)(C)C. The summed E-state index contributed by atoms with van der Waals surface area (Å²) in [4.78, 5) is 30.7. The molecule has 0 aliphatic heterocycles. The number of benzene rings is 1. The summed E-state index contributed by atoms with van der Waals surface area (Å²) >= 11 is 1.61. The number of thiophene rings is 1. The molecule has 1 heterocycles. The Labute approximate surface area is 189 Å². The molecule has 0 aliphatic rings. The lowest BCUT2D eigenvalue weighted by Crippen LogP contribution is -2.54. The molecule has 1 atom stereocenters. The van der Waals surface area contributed by atoms with Crippen molar-refractivity contribution in [1.29, 1.82) is 0 Å². The van der Waals surface area contributed by atoms with E-state index < -0.39 is 5.54 Å². The second-order valence-electron chi connectivity index (χ2n) is 8.97. The van der Waals surface area contributed by atoms with Crippen molar-refractivity contribution in [2.45, 2.75) is 72.6 Å². The van der Waals surface area contributed by atoms with Crippen molar-refractivity contribution >= 4 is 23.3 Å². The van der Waals surface area contributed by atoms with Crippen LogP contribution in [0.1, 0.15) is 57.0 Å². The summed E-state index contributed by atoms with van der Waals surface area (Å²) in [5.74, 6) is -0.445. The van der Waals surface area contributed by atoms with E-state index in [-0.39, 0.29) is 30.3 Å². The van der Waals surface area contributed by atoms with E-state index in [1.807, 2.05) is 53.0 Å². The molecule has 0 radical (unpaired) electrons. The van der Waals surface area contributed by atoms with Crippen molar-refractivity contribution in [1.82, 2.24) is 15.1 Å². The van der Waals surface area contributed by atoms with Crippen molar-refractivity contribution in [3.8, 4) is 0 Å². The summed E-state index contributed by atoms with van der Waals surface area (Å²) in [6.45, 7) is 12.5. The van der Waals surface area contributed by atoms with Crippen LogP contribution in [0.4, 0.5) is 9.18 Å². The minimum atomic E-state index is -0.395. The zero-order valence-corrected chi connectivity index (χ0v) is 20.2. The first kappa shape index (κ1) is 24.9. The van der Waals surface area contributed by atoms with Crippen molar-refractivity contribution in [3.63, 3.8) is 0 Å². The number of hydrogen-bond acceptors (Lipinski definition) is 3. The second-order valence-corrected chi connectivity index (χ2v) is 9.97. The van der Waals surface area contributed by atoms with Crippen LogP contribution in [0.25, 0.3) is 0 Å². The molecule has 0 bridgehead atoms. The molecule has 1 aromatic heterocycles. The Bertz CT molecular complexity index is 874. The van der Waals surface area contributed by atoms with Gasteiger partial charge in [-0.05, 0) is 75.7 Å². The molecule has 2 rings (SSSR count). The third kappa shape index (κ3) is 7.65. The highest BCUT2D eigenvalue weighted by Gasteiger charge is 2.27. The monoisotopic (exact) mass is 447 g/mol. The fourth-order valence-corrected chi connectivity index (χ4v) is 3.99. The summed E-state index contributed by atoms with van der Waals surface area (Å²) < 4.78 is 13.3. The number of hydrogen-bond donors (Lipinski definition) is 1. The predicted molar refractivity (Wildman–Crippen MR) is 124 cm³/mol. The topological polar surface area (TPSA) is 52.7 Å². The quantitative estimate of drug-likeness (QED) is 0.594. The highest BCUT2D eigenvalue weighted by molar-refractivity contribution is 7.10. The molecule has 0 fully saturated rings. The van der Waals surface area contributed by atoms with Gasteiger partial charge < -0.3 is 15.1 Å². The fourth-order valence-electron chi connectivity index (χ4n) is 3.07. The van der Waals surface area contributed by atoms with Crippen molar-refractivity contribution in [3.05, 3.63) is 57.5 Å². The number of rotatable bonds is 8. The maximum Gasteiger partial charge on any atom is 0.318 e. The molecule has 170 valence electrons. The first-order chi connectivity index (χ1) is 14.5. The van der Waals surface area contributed by atoms with Gasteiger partial charge in [0, 0.05) is 23.0 Å². The van der Waals surface area contributed by atoms with E-state index in [2.05, 4.69) is 5.32 Å². The minimum Gasteiger partial charge on any atom is -0.333 e. The molecule has 3 amide bonds. The predicted octanol–water partition coefficient (Wildman–Crippen LogP) is 5.33. The van der Waals surface area contributed by atoms with Gasteiger partial charge in [0.2, 0.25) is 5.91 Å². The van der Waals surface area contributed by atoms with Gasteiger partial charge in [0.15, 0.2) is 0 Å². The number of carbonyl (C=O) groups excluding carboxylic acids is 2. The fraction of sp³-hybridized carbons (Fsp3) is 0.500. The number of aryl methyl sites for hydroxylation is 1. The maximum absolute atomic E-state index is 13.4. The van der Waals surface area contributed by atoms with Crippen LogP contribution in [-0.2, 0) is 17.9 Å². The van der Waals surface area contributed by atoms with Crippen LogP contribution in [0.3, 0.4) is 0 Å². The van der Waals surface area contributed by atoms with Gasteiger partial charge >= 0.3 is 6.03 Å². The molecule has 0 saturated carbocycles. The van der Waals surface area contributed by atoms with Gasteiger partial charge in [0.1, 0.15) is 12.4 Å². The molecule has 1 aromatic carbocycles. The third-order valence-corrected chi connectivity index (χ3v) is 6.12.